The summed E-state index contributed by atoms with van der Waals surface area (Å²) in [6.45, 7) is 0. The molecule has 20 heavy (non-hydrogen) atoms. The van der Waals surface area contributed by atoms with Gasteiger partial charge >= 0.3 is 5.97 Å². The molecule has 2 N–H and O–H groups in total. The molecule has 7 heteroatoms. The van der Waals surface area contributed by atoms with Gasteiger partial charge in [0.15, 0.2) is 5.82 Å². The monoisotopic (exact) mass is 338 g/mol. The predicted molar refractivity (Wildman–Crippen MR) is 73.2 cm³/mol. The quantitative estimate of drug-likeness (QED) is 0.901. The Morgan fingerprint density at radius 2 is 2.00 bits per heavy atom. The average Bonchev–Trinajstić information content (AvgIpc) is 2.38. The van der Waals surface area contributed by atoms with Crippen LogP contribution in [0.4, 0.5) is 10.1 Å². The smallest absolute Gasteiger partial charge is 0.337 e. The van der Waals surface area contributed by atoms with Crippen LogP contribution in [0.15, 0.2) is 41.1 Å². The summed E-state index contributed by atoms with van der Waals surface area (Å²) in [5.74, 6) is -2.72. The van der Waals surface area contributed by atoms with Crippen molar-refractivity contribution in [2.24, 2.45) is 0 Å². The maximum atomic E-state index is 13.4. The Balaban J connectivity index is 2.35. The van der Waals surface area contributed by atoms with Gasteiger partial charge in [-0.15, -0.1) is 0 Å². The molecule has 0 aliphatic rings. The van der Waals surface area contributed by atoms with Gasteiger partial charge < -0.3 is 10.4 Å². The van der Waals surface area contributed by atoms with Crippen molar-refractivity contribution in [3.05, 3.63) is 58.1 Å². The first kappa shape index (κ1) is 14.1. The third kappa shape index (κ3) is 3.00. The lowest BCUT2D eigenvalue weighted by atomic mass is 10.1. The van der Waals surface area contributed by atoms with E-state index in [0.717, 1.165) is 6.20 Å². The maximum absolute atomic E-state index is 13.4. The molecule has 5 nitrogen and oxygen atoms in total. The molecule has 0 aliphatic carbocycles. The molecule has 102 valence electrons. The van der Waals surface area contributed by atoms with Gasteiger partial charge in [-0.05, 0) is 24.3 Å². The largest absolute Gasteiger partial charge is 0.478 e. The van der Waals surface area contributed by atoms with Gasteiger partial charge in [0.05, 0.1) is 23.0 Å². The molecule has 1 aromatic heterocycles. The van der Waals surface area contributed by atoms with Crippen LogP contribution in [0, 0.1) is 5.82 Å². The van der Waals surface area contributed by atoms with Crippen molar-refractivity contribution in [1.82, 2.24) is 4.98 Å². The zero-order valence-electron chi connectivity index (χ0n) is 9.93. The molecule has 0 unspecified atom stereocenters. The van der Waals surface area contributed by atoms with E-state index in [1.165, 1.54) is 30.5 Å². The molecule has 2 aromatic rings. The Bertz CT molecular complexity index is 691. The van der Waals surface area contributed by atoms with Crippen LogP contribution >= 0.6 is 15.9 Å². The molecule has 2 rings (SSSR count). The van der Waals surface area contributed by atoms with Gasteiger partial charge in [-0.25, -0.2) is 9.18 Å². The minimum absolute atomic E-state index is 0.0769. The Kier molecular flexibility index (Phi) is 4.09. The first-order valence-electron chi connectivity index (χ1n) is 5.42. The van der Waals surface area contributed by atoms with Gasteiger partial charge in [0, 0.05) is 10.7 Å². The van der Waals surface area contributed by atoms with Crippen LogP contribution < -0.4 is 5.32 Å². The van der Waals surface area contributed by atoms with Gasteiger partial charge in [0.25, 0.3) is 5.91 Å². The lowest BCUT2D eigenvalue weighted by molar-refractivity contribution is 0.0698. The highest BCUT2D eigenvalue weighted by atomic mass is 79.9. The van der Waals surface area contributed by atoms with E-state index in [0.29, 0.717) is 4.47 Å². The van der Waals surface area contributed by atoms with E-state index >= 15 is 0 Å². The number of pyridine rings is 1. The summed E-state index contributed by atoms with van der Waals surface area (Å²) in [4.78, 5) is 26.5. The lowest BCUT2D eigenvalue weighted by Gasteiger charge is -2.09. The zero-order chi connectivity index (χ0) is 14.7. The summed E-state index contributed by atoms with van der Waals surface area (Å²) in [5.41, 5.74) is -0.222. The molecule has 1 heterocycles. The van der Waals surface area contributed by atoms with E-state index in [-0.39, 0.29) is 16.8 Å². The van der Waals surface area contributed by atoms with Crippen LogP contribution in [0.1, 0.15) is 20.7 Å². The first-order chi connectivity index (χ1) is 9.49. The SMILES string of the molecule is O=C(Nc1cc(Br)ccc1C(=O)O)c1ccncc1F. The maximum Gasteiger partial charge on any atom is 0.337 e. The lowest BCUT2D eigenvalue weighted by Crippen LogP contribution is -2.16. The molecule has 0 aliphatic heterocycles. The van der Waals surface area contributed by atoms with E-state index in [1.54, 1.807) is 0 Å². The first-order valence-corrected chi connectivity index (χ1v) is 6.22. The van der Waals surface area contributed by atoms with Crippen LogP contribution in [-0.2, 0) is 0 Å². The number of rotatable bonds is 3. The highest BCUT2D eigenvalue weighted by molar-refractivity contribution is 9.10. The average molecular weight is 339 g/mol. The third-order valence-corrected chi connectivity index (χ3v) is 2.97. The highest BCUT2D eigenvalue weighted by Gasteiger charge is 2.16. The second kappa shape index (κ2) is 5.79. The van der Waals surface area contributed by atoms with E-state index in [1.807, 2.05) is 0 Å². The van der Waals surface area contributed by atoms with Crippen molar-refractivity contribution in [1.29, 1.82) is 0 Å². The number of hydrogen-bond acceptors (Lipinski definition) is 3. The standard InChI is InChI=1S/C13H8BrFN2O3/c14-7-1-2-9(13(19)20)11(5-7)17-12(18)8-3-4-16-6-10(8)15/h1-6H,(H,17,18)(H,19,20). The molecule has 0 saturated heterocycles. The number of halogens is 2. The number of amides is 1. The van der Waals surface area contributed by atoms with E-state index in [9.17, 15) is 14.0 Å². The van der Waals surface area contributed by atoms with Crippen molar-refractivity contribution in [3.63, 3.8) is 0 Å². The van der Waals surface area contributed by atoms with Crippen LogP contribution in [0.2, 0.25) is 0 Å². The van der Waals surface area contributed by atoms with Gasteiger partial charge in [0.2, 0.25) is 0 Å². The number of carbonyl (C=O) groups is 2. The molecular weight excluding hydrogens is 331 g/mol. The fourth-order valence-electron chi connectivity index (χ4n) is 1.56. The second-order valence-corrected chi connectivity index (χ2v) is 4.72. The molecule has 0 radical (unpaired) electrons. The van der Waals surface area contributed by atoms with Crippen LogP contribution in [0.25, 0.3) is 0 Å². The molecule has 0 spiro atoms. The second-order valence-electron chi connectivity index (χ2n) is 3.80. The number of anilines is 1. The summed E-state index contributed by atoms with van der Waals surface area (Å²) in [7, 11) is 0. The van der Waals surface area contributed by atoms with Crippen LogP contribution in [0.5, 0.6) is 0 Å². The van der Waals surface area contributed by atoms with E-state index in [2.05, 4.69) is 26.2 Å². The summed E-state index contributed by atoms with van der Waals surface area (Å²) >= 11 is 3.18. The Morgan fingerprint density at radius 3 is 2.65 bits per heavy atom. The van der Waals surface area contributed by atoms with Crippen LogP contribution in [-0.4, -0.2) is 22.0 Å². The number of hydrogen-bond donors (Lipinski definition) is 2. The normalized spacial score (nSPS) is 10.1. The number of carboxylic acids is 1. The molecule has 0 fully saturated rings. The molecule has 1 aromatic carbocycles. The van der Waals surface area contributed by atoms with Crippen LogP contribution in [0.3, 0.4) is 0 Å². The molecule has 0 saturated carbocycles. The third-order valence-electron chi connectivity index (χ3n) is 2.48. The predicted octanol–water partition coefficient (Wildman–Crippen LogP) is 2.93. The van der Waals surface area contributed by atoms with E-state index < -0.39 is 17.7 Å². The number of nitrogens with one attached hydrogen (secondary N) is 1. The summed E-state index contributed by atoms with van der Waals surface area (Å²) < 4.78 is 14.0. The van der Waals surface area contributed by atoms with Crippen molar-refractivity contribution in [2.75, 3.05) is 5.32 Å². The Morgan fingerprint density at radius 1 is 1.25 bits per heavy atom. The minimum atomic E-state index is -1.19. The minimum Gasteiger partial charge on any atom is -0.478 e. The molecule has 0 bridgehead atoms. The Labute approximate surface area is 121 Å². The van der Waals surface area contributed by atoms with Gasteiger partial charge in [-0.3, -0.25) is 9.78 Å². The molecular formula is C13H8BrFN2O3. The summed E-state index contributed by atoms with van der Waals surface area (Å²) in [6.07, 6.45) is 2.19. The number of aromatic carboxylic acids is 1. The van der Waals surface area contributed by atoms with Crippen molar-refractivity contribution < 1.29 is 19.1 Å². The zero-order valence-corrected chi connectivity index (χ0v) is 11.5. The topological polar surface area (TPSA) is 79.3 Å². The van der Waals surface area contributed by atoms with Crippen molar-refractivity contribution in [2.45, 2.75) is 0 Å². The fraction of sp³-hybridized carbons (Fsp3) is 0. The van der Waals surface area contributed by atoms with Crippen molar-refractivity contribution >= 4 is 33.5 Å². The highest BCUT2D eigenvalue weighted by Crippen LogP contribution is 2.22. The number of aromatic nitrogens is 1. The molecule has 0 atom stereocenters. The molecule has 1 amide bonds. The Hall–Kier alpha value is -2.28. The number of carbonyl (C=O) groups excluding carboxylic acids is 1. The number of benzene rings is 1. The van der Waals surface area contributed by atoms with E-state index in [4.69, 9.17) is 5.11 Å². The van der Waals surface area contributed by atoms with Crippen molar-refractivity contribution in [3.8, 4) is 0 Å². The number of nitrogens with zero attached hydrogens (tertiary/aromatic N) is 1. The number of carboxylic acid groups (broad SMARTS) is 1. The summed E-state index contributed by atoms with van der Waals surface area (Å²) in [5, 5.41) is 11.4. The fourth-order valence-corrected chi connectivity index (χ4v) is 1.92. The summed E-state index contributed by atoms with van der Waals surface area (Å²) in [6, 6.07) is 5.51. The van der Waals surface area contributed by atoms with Gasteiger partial charge in [-0.2, -0.15) is 0 Å². The van der Waals surface area contributed by atoms with Gasteiger partial charge in [0.1, 0.15) is 0 Å². The van der Waals surface area contributed by atoms with Gasteiger partial charge in [-0.1, -0.05) is 15.9 Å².